The number of hydrogen-bond acceptors (Lipinski definition) is 4. The van der Waals surface area contributed by atoms with Gasteiger partial charge in [0.05, 0.1) is 17.4 Å². The number of anilines is 1. The first-order valence-corrected chi connectivity index (χ1v) is 8.08. The fourth-order valence-corrected chi connectivity index (χ4v) is 2.86. The highest BCUT2D eigenvalue weighted by Crippen LogP contribution is 2.20. The molecule has 0 spiro atoms. The van der Waals surface area contributed by atoms with Crippen molar-refractivity contribution in [2.24, 2.45) is 0 Å². The molecule has 2 aromatic heterocycles. The Hall–Kier alpha value is -2.43. The first kappa shape index (κ1) is 15.5. The van der Waals surface area contributed by atoms with E-state index < -0.39 is 0 Å². The van der Waals surface area contributed by atoms with Crippen LogP contribution in [0.15, 0.2) is 43.0 Å². The molecular formula is C18H22N4O. The molecule has 2 aromatic rings. The lowest BCUT2D eigenvalue weighted by Gasteiger charge is -2.20. The SMILES string of the molecule is CN(CCc1ccncc1)C(=O)c1cncc(N2CCCC2)c1. The first-order valence-electron chi connectivity index (χ1n) is 8.08. The summed E-state index contributed by atoms with van der Waals surface area (Å²) in [5.74, 6) is 0.0209. The molecule has 1 aliphatic rings. The summed E-state index contributed by atoms with van der Waals surface area (Å²) in [5.41, 5.74) is 2.89. The van der Waals surface area contributed by atoms with Crippen molar-refractivity contribution in [2.75, 3.05) is 31.6 Å². The van der Waals surface area contributed by atoms with Gasteiger partial charge in [0.25, 0.3) is 5.91 Å². The summed E-state index contributed by atoms with van der Waals surface area (Å²) in [6, 6.07) is 5.92. The minimum Gasteiger partial charge on any atom is -0.370 e. The molecule has 0 unspecified atom stereocenters. The lowest BCUT2D eigenvalue weighted by molar-refractivity contribution is 0.0796. The summed E-state index contributed by atoms with van der Waals surface area (Å²) in [7, 11) is 1.84. The first-order chi connectivity index (χ1) is 11.2. The van der Waals surface area contributed by atoms with Gasteiger partial charge in [0.15, 0.2) is 0 Å². The Morgan fingerprint density at radius 3 is 2.65 bits per heavy atom. The Labute approximate surface area is 137 Å². The number of likely N-dealkylation sites (N-methyl/N-ethyl adjacent to an activating group) is 1. The van der Waals surface area contributed by atoms with Crippen LogP contribution in [-0.2, 0) is 6.42 Å². The Bertz CT molecular complexity index is 653. The van der Waals surface area contributed by atoms with E-state index in [1.165, 1.54) is 18.4 Å². The molecule has 0 radical (unpaired) electrons. The zero-order valence-electron chi connectivity index (χ0n) is 13.5. The van der Waals surface area contributed by atoms with E-state index in [1.54, 1.807) is 23.5 Å². The summed E-state index contributed by atoms with van der Waals surface area (Å²) >= 11 is 0. The highest BCUT2D eigenvalue weighted by atomic mass is 16.2. The lowest BCUT2D eigenvalue weighted by Crippen LogP contribution is -2.29. The zero-order valence-corrected chi connectivity index (χ0v) is 13.5. The van der Waals surface area contributed by atoms with Gasteiger partial charge < -0.3 is 9.80 Å². The Morgan fingerprint density at radius 2 is 1.91 bits per heavy atom. The minimum absolute atomic E-state index is 0.0209. The molecule has 5 nitrogen and oxygen atoms in total. The van der Waals surface area contributed by atoms with Gasteiger partial charge >= 0.3 is 0 Å². The van der Waals surface area contributed by atoms with Crippen LogP contribution < -0.4 is 4.90 Å². The van der Waals surface area contributed by atoms with Gasteiger partial charge in [-0.3, -0.25) is 14.8 Å². The molecule has 0 bridgehead atoms. The van der Waals surface area contributed by atoms with E-state index in [9.17, 15) is 4.79 Å². The van der Waals surface area contributed by atoms with Gasteiger partial charge in [0, 0.05) is 45.3 Å². The van der Waals surface area contributed by atoms with Crippen LogP contribution in [0.1, 0.15) is 28.8 Å². The van der Waals surface area contributed by atoms with Gasteiger partial charge in [0.1, 0.15) is 0 Å². The second-order valence-electron chi connectivity index (χ2n) is 5.96. The molecule has 1 fully saturated rings. The predicted octanol–water partition coefficient (Wildman–Crippen LogP) is 2.39. The van der Waals surface area contributed by atoms with Crippen LogP contribution >= 0.6 is 0 Å². The molecule has 1 saturated heterocycles. The van der Waals surface area contributed by atoms with E-state index in [4.69, 9.17) is 0 Å². The third-order valence-electron chi connectivity index (χ3n) is 4.27. The number of aromatic nitrogens is 2. The molecule has 3 heterocycles. The van der Waals surface area contributed by atoms with Crippen LogP contribution in [-0.4, -0.2) is 47.5 Å². The van der Waals surface area contributed by atoms with Gasteiger partial charge in [-0.2, -0.15) is 0 Å². The van der Waals surface area contributed by atoms with E-state index in [0.29, 0.717) is 12.1 Å². The average Bonchev–Trinajstić information content (AvgIpc) is 3.15. The Balaban J connectivity index is 1.63. The van der Waals surface area contributed by atoms with Crippen LogP contribution in [0, 0.1) is 0 Å². The number of hydrogen-bond donors (Lipinski definition) is 0. The highest BCUT2D eigenvalue weighted by Gasteiger charge is 2.16. The maximum atomic E-state index is 12.6. The fourth-order valence-electron chi connectivity index (χ4n) is 2.86. The maximum Gasteiger partial charge on any atom is 0.255 e. The van der Waals surface area contributed by atoms with Crippen LogP contribution in [0.5, 0.6) is 0 Å². The van der Waals surface area contributed by atoms with E-state index in [0.717, 1.165) is 25.2 Å². The monoisotopic (exact) mass is 310 g/mol. The predicted molar refractivity (Wildman–Crippen MR) is 90.6 cm³/mol. The van der Waals surface area contributed by atoms with Crippen LogP contribution in [0.2, 0.25) is 0 Å². The molecule has 0 aromatic carbocycles. The van der Waals surface area contributed by atoms with Crippen LogP contribution in [0.3, 0.4) is 0 Å². The standard InChI is InChI=1S/C18H22N4O/c1-21(11-6-15-4-7-19-8-5-15)18(23)16-12-17(14-20-13-16)22-9-2-3-10-22/h4-5,7-8,12-14H,2-3,6,9-11H2,1H3. The second kappa shape index (κ2) is 7.22. The van der Waals surface area contributed by atoms with Gasteiger partial charge in [-0.1, -0.05) is 0 Å². The van der Waals surface area contributed by atoms with Crippen molar-refractivity contribution in [3.05, 3.63) is 54.1 Å². The molecule has 0 N–H and O–H groups in total. The maximum absolute atomic E-state index is 12.6. The van der Waals surface area contributed by atoms with E-state index in [1.807, 2.05) is 31.4 Å². The summed E-state index contributed by atoms with van der Waals surface area (Å²) < 4.78 is 0. The summed E-state index contributed by atoms with van der Waals surface area (Å²) in [4.78, 5) is 24.9. The Morgan fingerprint density at radius 1 is 1.17 bits per heavy atom. The van der Waals surface area contributed by atoms with Crippen molar-refractivity contribution in [3.8, 4) is 0 Å². The van der Waals surface area contributed by atoms with E-state index in [-0.39, 0.29) is 5.91 Å². The van der Waals surface area contributed by atoms with Crippen molar-refractivity contribution in [1.82, 2.24) is 14.9 Å². The normalized spacial score (nSPS) is 14.0. The summed E-state index contributed by atoms with van der Waals surface area (Å²) in [6.45, 7) is 2.78. The number of rotatable bonds is 5. The van der Waals surface area contributed by atoms with Gasteiger partial charge in [-0.25, -0.2) is 0 Å². The van der Waals surface area contributed by atoms with Crippen molar-refractivity contribution < 1.29 is 4.79 Å². The average molecular weight is 310 g/mol. The van der Waals surface area contributed by atoms with Crippen molar-refractivity contribution in [3.63, 3.8) is 0 Å². The summed E-state index contributed by atoms with van der Waals surface area (Å²) in [5, 5.41) is 0. The third-order valence-corrected chi connectivity index (χ3v) is 4.27. The molecule has 1 amide bonds. The molecule has 3 rings (SSSR count). The Kier molecular flexibility index (Phi) is 4.86. The summed E-state index contributed by atoms with van der Waals surface area (Å²) in [6.07, 6.45) is 10.3. The molecule has 0 saturated carbocycles. The fraction of sp³-hybridized carbons (Fsp3) is 0.389. The highest BCUT2D eigenvalue weighted by molar-refractivity contribution is 5.94. The van der Waals surface area contributed by atoms with E-state index >= 15 is 0 Å². The van der Waals surface area contributed by atoms with E-state index in [2.05, 4.69) is 14.9 Å². The smallest absolute Gasteiger partial charge is 0.255 e. The van der Waals surface area contributed by atoms with Gasteiger partial charge in [-0.15, -0.1) is 0 Å². The van der Waals surface area contributed by atoms with Crippen molar-refractivity contribution in [2.45, 2.75) is 19.3 Å². The number of pyridine rings is 2. The lowest BCUT2D eigenvalue weighted by atomic mass is 10.2. The second-order valence-corrected chi connectivity index (χ2v) is 5.96. The number of nitrogens with zero attached hydrogens (tertiary/aromatic N) is 4. The molecule has 23 heavy (non-hydrogen) atoms. The van der Waals surface area contributed by atoms with Crippen LogP contribution in [0.4, 0.5) is 5.69 Å². The molecule has 0 atom stereocenters. The molecule has 5 heteroatoms. The third kappa shape index (κ3) is 3.86. The topological polar surface area (TPSA) is 49.3 Å². The number of amides is 1. The zero-order chi connectivity index (χ0) is 16.1. The molecule has 0 aliphatic carbocycles. The number of carbonyl (C=O) groups is 1. The molecular weight excluding hydrogens is 288 g/mol. The van der Waals surface area contributed by atoms with Crippen molar-refractivity contribution >= 4 is 11.6 Å². The van der Waals surface area contributed by atoms with Gasteiger partial charge in [0.2, 0.25) is 0 Å². The minimum atomic E-state index is 0.0209. The molecule has 120 valence electrons. The quantitative estimate of drug-likeness (QED) is 0.851. The van der Waals surface area contributed by atoms with Crippen molar-refractivity contribution in [1.29, 1.82) is 0 Å². The van der Waals surface area contributed by atoms with Gasteiger partial charge in [-0.05, 0) is 43.0 Å². The molecule has 1 aliphatic heterocycles. The number of carbonyl (C=O) groups excluding carboxylic acids is 1. The largest absolute Gasteiger partial charge is 0.370 e. The van der Waals surface area contributed by atoms with Crippen LogP contribution in [0.25, 0.3) is 0 Å².